The highest BCUT2D eigenvalue weighted by Gasteiger charge is 2.01. The average Bonchev–Trinajstić information content (AvgIpc) is 2.33. The highest BCUT2D eigenvalue weighted by Crippen LogP contribution is 2.13. The van der Waals surface area contributed by atoms with E-state index >= 15 is 0 Å². The van der Waals surface area contributed by atoms with Gasteiger partial charge in [-0.05, 0) is 38.8 Å². The van der Waals surface area contributed by atoms with Crippen LogP contribution in [0.3, 0.4) is 0 Å². The lowest BCUT2D eigenvalue weighted by atomic mass is 10.1. The van der Waals surface area contributed by atoms with Crippen molar-refractivity contribution in [1.29, 1.82) is 0 Å². The molecule has 1 N–H and O–H groups in total. The van der Waals surface area contributed by atoms with E-state index in [9.17, 15) is 0 Å². The second-order valence-corrected chi connectivity index (χ2v) is 3.21. The summed E-state index contributed by atoms with van der Waals surface area (Å²) in [7, 11) is 0. The van der Waals surface area contributed by atoms with Gasteiger partial charge < -0.3 is 5.32 Å². The van der Waals surface area contributed by atoms with Gasteiger partial charge in [0.2, 0.25) is 0 Å². The van der Waals surface area contributed by atoms with E-state index in [1.807, 2.05) is 0 Å². The standard InChI is InChI=1S/C11H17N/c1-2-3-4-6-11-7-5-9-12-10-8-11/h1,6,12H,3-5,7-10H2/b11-6-. The molecule has 0 aromatic rings. The van der Waals surface area contributed by atoms with Crippen molar-refractivity contribution in [3.05, 3.63) is 11.6 Å². The van der Waals surface area contributed by atoms with Crippen LogP contribution >= 0.6 is 0 Å². The Bertz CT molecular complexity index is 176. The fourth-order valence-electron chi connectivity index (χ4n) is 1.50. The van der Waals surface area contributed by atoms with E-state index in [1.165, 1.54) is 25.8 Å². The fourth-order valence-corrected chi connectivity index (χ4v) is 1.50. The van der Waals surface area contributed by atoms with Crippen molar-refractivity contribution in [3.63, 3.8) is 0 Å². The molecule has 1 heteroatoms. The second kappa shape index (κ2) is 5.85. The minimum Gasteiger partial charge on any atom is -0.316 e. The SMILES string of the molecule is C#CCC/C=C1/CCCNCC1. The topological polar surface area (TPSA) is 12.0 Å². The molecule has 0 atom stereocenters. The molecule has 66 valence electrons. The van der Waals surface area contributed by atoms with Crippen LogP contribution in [0.4, 0.5) is 0 Å². The molecule has 12 heavy (non-hydrogen) atoms. The van der Waals surface area contributed by atoms with Crippen molar-refractivity contribution >= 4 is 0 Å². The molecule has 1 nitrogen and oxygen atoms in total. The Hall–Kier alpha value is -0.740. The predicted octanol–water partition coefficient (Wildman–Crippen LogP) is 2.10. The maximum atomic E-state index is 5.18. The van der Waals surface area contributed by atoms with Gasteiger partial charge in [-0.2, -0.15) is 0 Å². The van der Waals surface area contributed by atoms with Gasteiger partial charge in [0, 0.05) is 6.42 Å². The monoisotopic (exact) mass is 163 g/mol. The Labute approximate surface area is 75.2 Å². The molecule has 0 aromatic carbocycles. The maximum Gasteiger partial charge on any atom is 0.0121 e. The molecule has 1 rings (SSSR count). The van der Waals surface area contributed by atoms with Crippen LogP contribution < -0.4 is 5.32 Å². The van der Waals surface area contributed by atoms with Gasteiger partial charge in [0.15, 0.2) is 0 Å². The lowest BCUT2D eigenvalue weighted by Crippen LogP contribution is -2.13. The second-order valence-electron chi connectivity index (χ2n) is 3.21. The first-order valence-corrected chi connectivity index (χ1v) is 4.75. The summed E-state index contributed by atoms with van der Waals surface area (Å²) in [5.41, 5.74) is 1.59. The molecule has 1 aliphatic heterocycles. The summed E-state index contributed by atoms with van der Waals surface area (Å²) >= 11 is 0. The molecule has 1 fully saturated rings. The number of hydrogen-bond acceptors (Lipinski definition) is 1. The molecule has 0 saturated carbocycles. The van der Waals surface area contributed by atoms with Crippen LogP contribution in [0.15, 0.2) is 11.6 Å². The Morgan fingerprint density at radius 3 is 3.17 bits per heavy atom. The van der Waals surface area contributed by atoms with Crippen molar-refractivity contribution in [3.8, 4) is 12.3 Å². The normalized spacial score (nSPS) is 21.8. The number of terminal acetylenes is 1. The van der Waals surface area contributed by atoms with Crippen LogP contribution in [0.25, 0.3) is 0 Å². The highest BCUT2D eigenvalue weighted by molar-refractivity contribution is 5.05. The number of unbranched alkanes of at least 4 members (excludes halogenated alkanes) is 1. The molecule has 0 amide bonds. The number of nitrogens with one attached hydrogen (secondary N) is 1. The molecule has 0 aromatic heterocycles. The third-order valence-corrected chi connectivity index (χ3v) is 2.20. The predicted molar refractivity (Wildman–Crippen MR) is 52.9 cm³/mol. The number of allylic oxidation sites excluding steroid dienone is 1. The first-order valence-electron chi connectivity index (χ1n) is 4.75. The van der Waals surface area contributed by atoms with Gasteiger partial charge in [0.25, 0.3) is 0 Å². The van der Waals surface area contributed by atoms with E-state index in [1.54, 1.807) is 5.57 Å². The first kappa shape index (κ1) is 9.35. The van der Waals surface area contributed by atoms with Crippen molar-refractivity contribution in [2.45, 2.75) is 32.1 Å². The highest BCUT2D eigenvalue weighted by atomic mass is 14.8. The largest absolute Gasteiger partial charge is 0.316 e. The van der Waals surface area contributed by atoms with Crippen LogP contribution in [0.2, 0.25) is 0 Å². The van der Waals surface area contributed by atoms with Crippen molar-refractivity contribution in [2.75, 3.05) is 13.1 Å². The molecule has 0 unspecified atom stereocenters. The van der Waals surface area contributed by atoms with E-state index in [0.717, 1.165) is 19.4 Å². The van der Waals surface area contributed by atoms with Crippen LogP contribution in [0.5, 0.6) is 0 Å². The third-order valence-electron chi connectivity index (χ3n) is 2.20. The molecule has 0 aliphatic carbocycles. The van der Waals surface area contributed by atoms with Gasteiger partial charge in [0.1, 0.15) is 0 Å². The molecule has 0 bridgehead atoms. The first-order chi connectivity index (χ1) is 5.93. The van der Waals surface area contributed by atoms with E-state index in [0.29, 0.717) is 0 Å². The van der Waals surface area contributed by atoms with E-state index in [-0.39, 0.29) is 0 Å². The molecule has 1 aliphatic rings. The van der Waals surface area contributed by atoms with Gasteiger partial charge in [0.05, 0.1) is 0 Å². The summed E-state index contributed by atoms with van der Waals surface area (Å²) in [6, 6.07) is 0. The van der Waals surface area contributed by atoms with Crippen molar-refractivity contribution < 1.29 is 0 Å². The van der Waals surface area contributed by atoms with Gasteiger partial charge in [-0.15, -0.1) is 12.3 Å². The van der Waals surface area contributed by atoms with Crippen LogP contribution in [-0.4, -0.2) is 13.1 Å². The Morgan fingerprint density at radius 2 is 2.33 bits per heavy atom. The number of hydrogen-bond donors (Lipinski definition) is 1. The summed E-state index contributed by atoms with van der Waals surface area (Å²) in [6.45, 7) is 2.31. The fraction of sp³-hybridized carbons (Fsp3) is 0.636. The average molecular weight is 163 g/mol. The summed E-state index contributed by atoms with van der Waals surface area (Å²) in [4.78, 5) is 0. The molecule has 1 saturated heterocycles. The summed E-state index contributed by atoms with van der Waals surface area (Å²) in [5, 5.41) is 3.39. The lowest BCUT2D eigenvalue weighted by molar-refractivity contribution is 0.703. The Kier molecular flexibility index (Phi) is 4.56. The summed E-state index contributed by atoms with van der Waals surface area (Å²) in [6.07, 6.45) is 13.2. The quantitative estimate of drug-likeness (QED) is 0.373. The van der Waals surface area contributed by atoms with Gasteiger partial charge in [-0.25, -0.2) is 0 Å². The molecular weight excluding hydrogens is 146 g/mol. The van der Waals surface area contributed by atoms with Crippen LogP contribution in [0.1, 0.15) is 32.1 Å². The Morgan fingerprint density at radius 1 is 1.42 bits per heavy atom. The van der Waals surface area contributed by atoms with E-state index < -0.39 is 0 Å². The maximum absolute atomic E-state index is 5.18. The van der Waals surface area contributed by atoms with Crippen LogP contribution in [0, 0.1) is 12.3 Å². The van der Waals surface area contributed by atoms with Gasteiger partial charge in [-0.1, -0.05) is 11.6 Å². The van der Waals surface area contributed by atoms with Gasteiger partial charge >= 0.3 is 0 Å². The molecule has 0 radical (unpaired) electrons. The lowest BCUT2D eigenvalue weighted by Gasteiger charge is -2.00. The van der Waals surface area contributed by atoms with E-state index in [4.69, 9.17) is 6.42 Å². The van der Waals surface area contributed by atoms with Crippen molar-refractivity contribution in [1.82, 2.24) is 5.32 Å². The number of rotatable bonds is 2. The van der Waals surface area contributed by atoms with Crippen LogP contribution in [-0.2, 0) is 0 Å². The zero-order valence-electron chi connectivity index (χ0n) is 7.60. The summed E-state index contributed by atoms with van der Waals surface area (Å²) in [5.74, 6) is 2.66. The third kappa shape index (κ3) is 3.59. The van der Waals surface area contributed by atoms with Crippen molar-refractivity contribution in [2.24, 2.45) is 0 Å². The molecular formula is C11H17N. The van der Waals surface area contributed by atoms with Gasteiger partial charge in [-0.3, -0.25) is 0 Å². The van der Waals surface area contributed by atoms with E-state index in [2.05, 4.69) is 17.3 Å². The molecule has 1 heterocycles. The molecule has 0 spiro atoms. The zero-order valence-corrected chi connectivity index (χ0v) is 7.60. The smallest absolute Gasteiger partial charge is 0.0121 e. The minimum absolute atomic E-state index is 0.886. The Balaban J connectivity index is 2.28. The minimum atomic E-state index is 0.886. The summed E-state index contributed by atoms with van der Waals surface area (Å²) < 4.78 is 0. The zero-order chi connectivity index (χ0) is 8.65.